The van der Waals surface area contributed by atoms with E-state index in [1.807, 2.05) is 29.8 Å². The van der Waals surface area contributed by atoms with E-state index in [1.54, 1.807) is 29.5 Å². The van der Waals surface area contributed by atoms with Gasteiger partial charge in [-0.3, -0.25) is 9.59 Å². The van der Waals surface area contributed by atoms with Crippen molar-refractivity contribution in [1.82, 2.24) is 10.3 Å². The summed E-state index contributed by atoms with van der Waals surface area (Å²) in [6.45, 7) is 2.14. The van der Waals surface area contributed by atoms with Gasteiger partial charge >= 0.3 is 0 Å². The summed E-state index contributed by atoms with van der Waals surface area (Å²) in [5.74, 6) is -0.910. The van der Waals surface area contributed by atoms with Crippen molar-refractivity contribution in [3.8, 4) is 10.6 Å². The Morgan fingerprint density at radius 2 is 1.87 bits per heavy atom. The molecule has 0 bridgehead atoms. The Hall–Kier alpha value is -3.36. The molecule has 0 saturated carbocycles. The minimum absolute atomic E-state index is 0.183. The van der Waals surface area contributed by atoms with E-state index in [-0.39, 0.29) is 11.8 Å². The minimum atomic E-state index is -0.395. The number of amides is 2. The van der Waals surface area contributed by atoms with Gasteiger partial charge in [-0.15, -0.1) is 11.3 Å². The van der Waals surface area contributed by atoms with Gasteiger partial charge in [0.05, 0.1) is 5.69 Å². The molecule has 2 heterocycles. The van der Waals surface area contributed by atoms with Gasteiger partial charge in [-0.05, 0) is 60.3 Å². The molecular weight excluding hydrogens is 433 g/mol. The van der Waals surface area contributed by atoms with Crippen molar-refractivity contribution in [3.63, 3.8) is 0 Å². The second-order valence-electron chi connectivity index (χ2n) is 6.79. The van der Waals surface area contributed by atoms with E-state index in [4.69, 9.17) is 0 Å². The maximum Gasteiger partial charge on any atom is 0.263 e. The molecule has 0 aliphatic rings. The lowest BCUT2D eigenvalue weighted by Gasteiger charge is -2.09. The largest absolute Gasteiger partial charge is 0.347 e. The van der Waals surface area contributed by atoms with Crippen LogP contribution in [0.3, 0.4) is 0 Å². The average Bonchev–Trinajstić information content (AvgIpc) is 3.42. The van der Waals surface area contributed by atoms with Gasteiger partial charge in [0.2, 0.25) is 0 Å². The third kappa shape index (κ3) is 5.04. The molecule has 0 unspecified atom stereocenters. The van der Waals surface area contributed by atoms with Crippen LogP contribution in [0, 0.1) is 12.7 Å². The molecule has 8 heteroatoms. The van der Waals surface area contributed by atoms with E-state index in [2.05, 4.69) is 15.6 Å². The number of nitrogens with zero attached hydrogens (tertiary/aromatic N) is 1. The molecule has 31 heavy (non-hydrogen) atoms. The van der Waals surface area contributed by atoms with Gasteiger partial charge in [0, 0.05) is 28.7 Å². The number of aromatic nitrogens is 1. The first-order chi connectivity index (χ1) is 15.0. The van der Waals surface area contributed by atoms with Crippen LogP contribution in [-0.4, -0.2) is 16.8 Å². The highest BCUT2D eigenvalue weighted by Crippen LogP contribution is 2.29. The summed E-state index contributed by atoms with van der Waals surface area (Å²) >= 11 is 2.96. The van der Waals surface area contributed by atoms with Crippen molar-refractivity contribution >= 4 is 40.2 Å². The number of halogens is 1. The first kappa shape index (κ1) is 20.9. The molecule has 2 aromatic carbocycles. The van der Waals surface area contributed by atoms with Crippen molar-refractivity contribution in [2.45, 2.75) is 13.5 Å². The zero-order valence-electron chi connectivity index (χ0n) is 16.5. The molecule has 2 N–H and O–H groups in total. The van der Waals surface area contributed by atoms with Crippen LogP contribution in [0.25, 0.3) is 10.6 Å². The number of carbonyl (C=O) groups excluding carboxylic acids is 2. The lowest BCUT2D eigenvalue weighted by atomic mass is 10.1. The van der Waals surface area contributed by atoms with E-state index < -0.39 is 5.82 Å². The first-order valence-electron chi connectivity index (χ1n) is 9.43. The number of hydrogen-bond donors (Lipinski definition) is 2. The Kier molecular flexibility index (Phi) is 6.20. The van der Waals surface area contributed by atoms with Crippen LogP contribution >= 0.6 is 22.7 Å². The Bertz CT molecular complexity index is 1220. The Morgan fingerprint density at radius 3 is 2.61 bits per heavy atom. The average molecular weight is 452 g/mol. The van der Waals surface area contributed by atoms with E-state index in [0.29, 0.717) is 28.4 Å². The van der Waals surface area contributed by atoms with Gasteiger partial charge in [-0.1, -0.05) is 12.1 Å². The van der Waals surface area contributed by atoms with Gasteiger partial charge < -0.3 is 10.6 Å². The highest BCUT2D eigenvalue weighted by molar-refractivity contribution is 7.17. The fraction of sp³-hybridized carbons (Fsp3) is 0.0870. The van der Waals surface area contributed by atoms with Crippen molar-refractivity contribution in [2.75, 3.05) is 5.32 Å². The molecule has 4 rings (SSSR count). The maximum atomic E-state index is 13.0. The van der Waals surface area contributed by atoms with Gasteiger partial charge in [-0.2, -0.15) is 11.3 Å². The van der Waals surface area contributed by atoms with Gasteiger partial charge in [0.15, 0.2) is 0 Å². The number of nitrogens with one attached hydrogen (secondary N) is 2. The zero-order valence-corrected chi connectivity index (χ0v) is 18.1. The topological polar surface area (TPSA) is 71.1 Å². The molecule has 2 aromatic heterocycles. The summed E-state index contributed by atoms with van der Waals surface area (Å²) in [5.41, 5.74) is 3.51. The Morgan fingerprint density at radius 1 is 1.06 bits per heavy atom. The standard InChI is InChI=1S/C23H18FN3O2S2/c1-14-20(31-23(26-14)17-9-10-30-13-17)22(29)25-12-15-3-2-4-19(11-15)27-21(28)16-5-7-18(24)8-6-16/h2-11,13H,12H2,1H3,(H,25,29)(H,27,28). The van der Waals surface area contributed by atoms with Crippen LogP contribution in [0.2, 0.25) is 0 Å². The predicted octanol–water partition coefficient (Wildman–Crippen LogP) is 5.50. The van der Waals surface area contributed by atoms with Crippen LogP contribution in [0.1, 0.15) is 31.3 Å². The fourth-order valence-corrected chi connectivity index (χ4v) is 4.64. The number of hydrogen-bond acceptors (Lipinski definition) is 5. The van der Waals surface area contributed by atoms with E-state index in [0.717, 1.165) is 16.1 Å². The number of benzene rings is 2. The molecule has 2 amide bonds. The lowest BCUT2D eigenvalue weighted by Crippen LogP contribution is -2.22. The number of thiazole rings is 1. The summed E-state index contributed by atoms with van der Waals surface area (Å²) in [4.78, 5) is 30.1. The van der Waals surface area contributed by atoms with Gasteiger partial charge in [-0.25, -0.2) is 9.37 Å². The molecule has 5 nitrogen and oxygen atoms in total. The van der Waals surface area contributed by atoms with Crippen molar-refractivity contribution in [1.29, 1.82) is 0 Å². The lowest BCUT2D eigenvalue weighted by molar-refractivity contribution is 0.0953. The number of aryl methyl sites for hydroxylation is 1. The molecule has 0 radical (unpaired) electrons. The highest BCUT2D eigenvalue weighted by atomic mass is 32.1. The van der Waals surface area contributed by atoms with Crippen LogP contribution in [0.5, 0.6) is 0 Å². The monoisotopic (exact) mass is 451 g/mol. The highest BCUT2D eigenvalue weighted by Gasteiger charge is 2.16. The molecular formula is C23H18FN3O2S2. The second-order valence-corrected chi connectivity index (χ2v) is 8.57. The van der Waals surface area contributed by atoms with Crippen LogP contribution in [-0.2, 0) is 6.54 Å². The first-order valence-corrected chi connectivity index (χ1v) is 11.2. The number of carbonyl (C=O) groups is 2. The molecule has 0 spiro atoms. The van der Waals surface area contributed by atoms with Gasteiger partial charge in [0.1, 0.15) is 15.7 Å². The molecule has 0 aliphatic carbocycles. The SMILES string of the molecule is Cc1nc(-c2ccsc2)sc1C(=O)NCc1cccc(NC(=O)c2ccc(F)cc2)c1. The molecule has 0 saturated heterocycles. The molecule has 0 atom stereocenters. The third-order valence-electron chi connectivity index (χ3n) is 4.52. The van der Waals surface area contributed by atoms with Crippen molar-refractivity contribution in [2.24, 2.45) is 0 Å². The summed E-state index contributed by atoms with van der Waals surface area (Å²) in [6.07, 6.45) is 0. The second kappa shape index (κ2) is 9.20. The fourth-order valence-electron chi connectivity index (χ4n) is 2.94. The third-order valence-corrected chi connectivity index (χ3v) is 6.40. The van der Waals surface area contributed by atoms with Gasteiger partial charge in [0.25, 0.3) is 11.8 Å². The summed E-state index contributed by atoms with van der Waals surface area (Å²) in [6, 6.07) is 14.5. The predicted molar refractivity (Wildman–Crippen MR) is 122 cm³/mol. The van der Waals surface area contributed by atoms with Crippen LogP contribution in [0.4, 0.5) is 10.1 Å². The Labute approximate surface area is 186 Å². The normalized spacial score (nSPS) is 10.6. The van der Waals surface area contributed by atoms with E-state index in [9.17, 15) is 14.0 Å². The molecule has 156 valence electrons. The van der Waals surface area contributed by atoms with Crippen molar-refractivity contribution in [3.05, 3.63) is 92.9 Å². The summed E-state index contributed by atoms with van der Waals surface area (Å²) in [7, 11) is 0. The molecule has 0 aliphatic heterocycles. The number of thiophene rings is 1. The van der Waals surface area contributed by atoms with Crippen molar-refractivity contribution < 1.29 is 14.0 Å². The number of anilines is 1. The number of rotatable bonds is 6. The Balaban J connectivity index is 1.39. The molecule has 0 fully saturated rings. The maximum absolute atomic E-state index is 13.0. The smallest absolute Gasteiger partial charge is 0.263 e. The van der Waals surface area contributed by atoms with E-state index in [1.165, 1.54) is 35.6 Å². The molecule has 4 aromatic rings. The summed E-state index contributed by atoms with van der Waals surface area (Å²) in [5, 5.41) is 10.5. The minimum Gasteiger partial charge on any atom is -0.347 e. The van der Waals surface area contributed by atoms with E-state index >= 15 is 0 Å². The summed E-state index contributed by atoms with van der Waals surface area (Å²) < 4.78 is 13.0. The van der Waals surface area contributed by atoms with Crippen LogP contribution < -0.4 is 10.6 Å². The van der Waals surface area contributed by atoms with Crippen LogP contribution in [0.15, 0.2) is 65.4 Å². The zero-order chi connectivity index (χ0) is 21.8. The quantitative estimate of drug-likeness (QED) is 0.407.